The number of amides is 1. The summed E-state index contributed by atoms with van der Waals surface area (Å²) in [5.74, 6) is -1.60. The number of rotatable bonds is 8. The van der Waals surface area contributed by atoms with Gasteiger partial charge in [-0.15, -0.1) is 0 Å². The average Bonchev–Trinajstić information content (AvgIpc) is 2.39. The van der Waals surface area contributed by atoms with Gasteiger partial charge in [0, 0.05) is 19.9 Å². The molecule has 1 rings (SSSR count). The zero-order chi connectivity index (χ0) is 15.0. The first-order valence-corrected chi connectivity index (χ1v) is 5.84. The van der Waals surface area contributed by atoms with Gasteiger partial charge >= 0.3 is 5.97 Å². The molecule has 0 saturated carbocycles. The Bertz CT molecular complexity index is 525. The van der Waals surface area contributed by atoms with Crippen molar-refractivity contribution >= 4 is 11.9 Å². The molecule has 1 amide bonds. The minimum atomic E-state index is -1.14. The lowest BCUT2D eigenvalue weighted by molar-refractivity contribution is -0.137. The standard InChI is InChI=1S/C12H16N2O6/c1-19-6-4-13-10(15)8-20-9-3-2-5-14(12(9)18)7-11(16)17/h2-3,5H,4,6-8H2,1H3,(H,13,15)(H,16,17). The van der Waals surface area contributed by atoms with Crippen LogP contribution in [0.5, 0.6) is 5.75 Å². The number of carboxylic acid groups (broad SMARTS) is 1. The van der Waals surface area contributed by atoms with E-state index in [0.29, 0.717) is 13.2 Å². The molecule has 0 aliphatic carbocycles. The molecule has 20 heavy (non-hydrogen) atoms. The molecule has 1 aromatic rings. The number of aromatic nitrogens is 1. The number of carbonyl (C=O) groups excluding carboxylic acids is 1. The number of methoxy groups -OCH3 is 1. The monoisotopic (exact) mass is 284 g/mol. The molecule has 0 unspecified atom stereocenters. The van der Waals surface area contributed by atoms with Crippen molar-refractivity contribution in [1.29, 1.82) is 0 Å². The minimum absolute atomic E-state index is 0.0735. The van der Waals surface area contributed by atoms with Gasteiger partial charge in [0.2, 0.25) is 0 Å². The molecule has 0 aliphatic heterocycles. The van der Waals surface area contributed by atoms with Gasteiger partial charge in [0.05, 0.1) is 6.61 Å². The Morgan fingerprint density at radius 2 is 2.20 bits per heavy atom. The Labute approximate surface area is 114 Å². The van der Waals surface area contributed by atoms with Gasteiger partial charge in [0.25, 0.3) is 11.5 Å². The quantitative estimate of drug-likeness (QED) is 0.598. The number of pyridine rings is 1. The van der Waals surface area contributed by atoms with Gasteiger partial charge in [-0.1, -0.05) is 0 Å². The van der Waals surface area contributed by atoms with Gasteiger partial charge in [0.1, 0.15) is 6.54 Å². The van der Waals surface area contributed by atoms with Crippen LogP contribution < -0.4 is 15.6 Å². The van der Waals surface area contributed by atoms with E-state index in [1.807, 2.05) is 0 Å². The summed E-state index contributed by atoms with van der Waals surface area (Å²) in [7, 11) is 1.51. The summed E-state index contributed by atoms with van der Waals surface area (Å²) in [6, 6.07) is 2.85. The van der Waals surface area contributed by atoms with Crippen LogP contribution in [0.1, 0.15) is 0 Å². The number of carboxylic acids is 1. The maximum absolute atomic E-state index is 11.8. The average molecular weight is 284 g/mol. The second-order valence-electron chi connectivity index (χ2n) is 3.83. The summed E-state index contributed by atoms with van der Waals surface area (Å²) in [4.78, 5) is 33.7. The van der Waals surface area contributed by atoms with E-state index in [2.05, 4.69) is 5.32 Å². The topological polar surface area (TPSA) is 107 Å². The van der Waals surface area contributed by atoms with Gasteiger partial charge in [-0.3, -0.25) is 14.4 Å². The fourth-order valence-electron chi connectivity index (χ4n) is 1.38. The highest BCUT2D eigenvalue weighted by atomic mass is 16.5. The van der Waals surface area contributed by atoms with Crippen LogP contribution in [0.15, 0.2) is 23.1 Å². The van der Waals surface area contributed by atoms with Crippen molar-refractivity contribution < 1.29 is 24.2 Å². The van der Waals surface area contributed by atoms with Crippen molar-refractivity contribution in [2.24, 2.45) is 0 Å². The van der Waals surface area contributed by atoms with Gasteiger partial charge in [-0.05, 0) is 12.1 Å². The number of hydrogen-bond donors (Lipinski definition) is 2. The third-order valence-corrected chi connectivity index (χ3v) is 2.28. The Kier molecular flexibility index (Phi) is 6.24. The van der Waals surface area contributed by atoms with Crippen LogP contribution in [-0.4, -0.2) is 48.4 Å². The van der Waals surface area contributed by atoms with Crippen molar-refractivity contribution in [1.82, 2.24) is 9.88 Å². The first-order chi connectivity index (χ1) is 9.54. The van der Waals surface area contributed by atoms with E-state index < -0.39 is 24.0 Å². The summed E-state index contributed by atoms with van der Waals surface area (Å²) < 4.78 is 10.8. The van der Waals surface area contributed by atoms with Crippen LogP contribution in [0.3, 0.4) is 0 Å². The molecule has 2 N–H and O–H groups in total. The fourth-order valence-corrected chi connectivity index (χ4v) is 1.38. The Hall–Kier alpha value is -2.35. The zero-order valence-corrected chi connectivity index (χ0v) is 11.0. The van der Waals surface area contributed by atoms with Crippen LogP contribution in [0.25, 0.3) is 0 Å². The van der Waals surface area contributed by atoms with Gasteiger partial charge in [-0.2, -0.15) is 0 Å². The molecule has 0 spiro atoms. The summed E-state index contributed by atoms with van der Waals surface area (Å²) >= 11 is 0. The highest BCUT2D eigenvalue weighted by molar-refractivity contribution is 5.77. The minimum Gasteiger partial charge on any atom is -0.480 e. The normalized spacial score (nSPS) is 10.1. The summed E-state index contributed by atoms with van der Waals surface area (Å²) in [6.45, 7) is -0.0642. The van der Waals surface area contributed by atoms with E-state index in [4.69, 9.17) is 14.6 Å². The molecule has 0 bridgehead atoms. The molecule has 0 saturated heterocycles. The highest BCUT2D eigenvalue weighted by Gasteiger charge is 2.09. The van der Waals surface area contributed by atoms with Crippen molar-refractivity contribution in [3.05, 3.63) is 28.7 Å². The smallest absolute Gasteiger partial charge is 0.323 e. The molecule has 0 radical (unpaired) electrons. The lowest BCUT2D eigenvalue weighted by Gasteiger charge is -2.08. The molecule has 8 heteroatoms. The first-order valence-electron chi connectivity index (χ1n) is 5.84. The lowest BCUT2D eigenvalue weighted by Crippen LogP contribution is -2.33. The third kappa shape index (κ3) is 5.11. The first kappa shape index (κ1) is 15.7. The van der Waals surface area contributed by atoms with E-state index in [1.165, 1.54) is 25.4 Å². The molecule has 8 nitrogen and oxygen atoms in total. The maximum Gasteiger partial charge on any atom is 0.323 e. The van der Waals surface area contributed by atoms with Crippen LogP contribution in [0.4, 0.5) is 0 Å². The van der Waals surface area contributed by atoms with E-state index in [1.54, 1.807) is 0 Å². The van der Waals surface area contributed by atoms with Crippen LogP contribution in [0, 0.1) is 0 Å². The molecule has 0 aliphatic rings. The van der Waals surface area contributed by atoms with E-state index >= 15 is 0 Å². The summed E-state index contributed by atoms with van der Waals surface area (Å²) in [5.41, 5.74) is -0.598. The van der Waals surface area contributed by atoms with Crippen molar-refractivity contribution in [3.63, 3.8) is 0 Å². The van der Waals surface area contributed by atoms with Crippen molar-refractivity contribution in [2.75, 3.05) is 26.9 Å². The maximum atomic E-state index is 11.8. The number of hydrogen-bond acceptors (Lipinski definition) is 5. The number of nitrogens with one attached hydrogen (secondary N) is 1. The predicted molar refractivity (Wildman–Crippen MR) is 68.7 cm³/mol. The molecule has 110 valence electrons. The number of carbonyl (C=O) groups is 2. The number of nitrogens with zero attached hydrogens (tertiary/aromatic N) is 1. The molecule has 0 atom stereocenters. The Morgan fingerprint density at radius 1 is 1.45 bits per heavy atom. The Morgan fingerprint density at radius 3 is 2.85 bits per heavy atom. The van der Waals surface area contributed by atoms with E-state index in [-0.39, 0.29) is 12.4 Å². The molecule has 0 fully saturated rings. The van der Waals surface area contributed by atoms with Gasteiger partial charge < -0.3 is 24.5 Å². The highest BCUT2D eigenvalue weighted by Crippen LogP contribution is 2.01. The Balaban J connectivity index is 2.58. The summed E-state index contributed by atoms with van der Waals surface area (Å²) in [6.07, 6.45) is 1.34. The van der Waals surface area contributed by atoms with Gasteiger partial charge in [0.15, 0.2) is 12.4 Å². The van der Waals surface area contributed by atoms with E-state index in [0.717, 1.165) is 4.57 Å². The number of aliphatic carboxylic acids is 1. The summed E-state index contributed by atoms with van der Waals surface area (Å²) in [5, 5.41) is 11.2. The second kappa shape index (κ2) is 7.95. The second-order valence-corrected chi connectivity index (χ2v) is 3.83. The molecule has 1 aromatic heterocycles. The van der Waals surface area contributed by atoms with E-state index in [9.17, 15) is 14.4 Å². The molecule has 0 aromatic carbocycles. The molecule has 1 heterocycles. The predicted octanol–water partition coefficient (Wildman–Crippen LogP) is -0.926. The largest absolute Gasteiger partial charge is 0.480 e. The molecular weight excluding hydrogens is 268 g/mol. The van der Waals surface area contributed by atoms with Crippen molar-refractivity contribution in [2.45, 2.75) is 6.54 Å². The molecular formula is C12H16N2O6. The van der Waals surface area contributed by atoms with Crippen LogP contribution in [0.2, 0.25) is 0 Å². The van der Waals surface area contributed by atoms with Crippen LogP contribution >= 0.6 is 0 Å². The van der Waals surface area contributed by atoms with Crippen molar-refractivity contribution in [3.8, 4) is 5.75 Å². The van der Waals surface area contributed by atoms with Gasteiger partial charge in [-0.25, -0.2) is 0 Å². The van der Waals surface area contributed by atoms with Crippen LogP contribution in [-0.2, 0) is 20.9 Å². The fraction of sp³-hybridized carbons (Fsp3) is 0.417. The SMILES string of the molecule is COCCNC(=O)COc1cccn(CC(=O)O)c1=O. The zero-order valence-electron chi connectivity index (χ0n) is 11.0. The lowest BCUT2D eigenvalue weighted by atomic mass is 10.4. The number of ether oxygens (including phenoxy) is 2. The third-order valence-electron chi connectivity index (χ3n) is 2.28.